The summed E-state index contributed by atoms with van der Waals surface area (Å²) >= 11 is 5.82. The minimum Gasteiger partial charge on any atom is -0.477 e. The second-order valence-corrected chi connectivity index (χ2v) is 5.08. The molecule has 1 aromatic rings. The number of nitrogens with zero attached hydrogens (tertiary/aromatic N) is 1. The molecule has 1 N–H and O–H groups in total. The van der Waals surface area contributed by atoms with Gasteiger partial charge in [-0.2, -0.15) is 0 Å². The van der Waals surface area contributed by atoms with E-state index in [1.807, 2.05) is 0 Å². The molecule has 1 aliphatic carbocycles. The van der Waals surface area contributed by atoms with Gasteiger partial charge in [0.1, 0.15) is 5.69 Å². The molecule has 0 unspecified atom stereocenters. The molecule has 1 heterocycles. The van der Waals surface area contributed by atoms with Crippen molar-refractivity contribution in [3.05, 3.63) is 23.0 Å². The minimum atomic E-state index is -0.912. The smallest absolute Gasteiger partial charge is 0.352 e. The molecule has 0 spiro atoms. The zero-order valence-corrected chi connectivity index (χ0v) is 9.42. The maximum Gasteiger partial charge on any atom is 0.352 e. The van der Waals surface area contributed by atoms with Gasteiger partial charge in [-0.1, -0.05) is 24.9 Å². The number of carboxylic acid groups (broad SMARTS) is 1. The van der Waals surface area contributed by atoms with Gasteiger partial charge in [0.05, 0.1) is 5.02 Å². The van der Waals surface area contributed by atoms with E-state index in [0.717, 1.165) is 6.54 Å². The maximum atomic E-state index is 10.9. The predicted octanol–water partition coefficient (Wildman–Crippen LogP) is 3.03. The van der Waals surface area contributed by atoms with Crippen LogP contribution in [0.5, 0.6) is 0 Å². The fourth-order valence-corrected chi connectivity index (χ4v) is 2.36. The van der Waals surface area contributed by atoms with Crippen molar-refractivity contribution in [3.63, 3.8) is 0 Å². The molecule has 0 atom stereocenters. The molecule has 15 heavy (non-hydrogen) atoms. The molecule has 1 aromatic heterocycles. The third-order valence-electron chi connectivity index (χ3n) is 3.20. The minimum absolute atomic E-state index is 0.256. The zero-order chi connectivity index (χ0) is 11.1. The van der Waals surface area contributed by atoms with E-state index in [9.17, 15) is 4.79 Å². The molecular weight excluding hydrogens is 214 g/mol. The summed E-state index contributed by atoms with van der Waals surface area (Å²) < 4.78 is 1.75. The van der Waals surface area contributed by atoms with Crippen molar-refractivity contribution in [2.75, 3.05) is 0 Å². The SMILES string of the molecule is CC1(Cn2cc(Cl)cc2C(=O)O)CCC1. The molecule has 0 amide bonds. The van der Waals surface area contributed by atoms with Crippen molar-refractivity contribution >= 4 is 17.6 Å². The third kappa shape index (κ3) is 2.02. The summed E-state index contributed by atoms with van der Waals surface area (Å²) in [6.45, 7) is 2.94. The summed E-state index contributed by atoms with van der Waals surface area (Å²) in [7, 11) is 0. The average molecular weight is 228 g/mol. The third-order valence-corrected chi connectivity index (χ3v) is 3.40. The van der Waals surface area contributed by atoms with Gasteiger partial charge in [-0.15, -0.1) is 0 Å². The Morgan fingerprint density at radius 3 is 2.80 bits per heavy atom. The zero-order valence-electron chi connectivity index (χ0n) is 8.66. The summed E-state index contributed by atoms with van der Waals surface area (Å²) in [5.41, 5.74) is 0.542. The Morgan fingerprint density at radius 2 is 2.33 bits per heavy atom. The summed E-state index contributed by atoms with van der Waals surface area (Å²) in [6, 6.07) is 1.51. The number of aromatic nitrogens is 1. The van der Waals surface area contributed by atoms with E-state index in [0.29, 0.717) is 5.02 Å². The van der Waals surface area contributed by atoms with Crippen LogP contribution < -0.4 is 0 Å². The van der Waals surface area contributed by atoms with Crippen LogP contribution in [-0.2, 0) is 6.54 Å². The Labute approximate surface area is 93.7 Å². The van der Waals surface area contributed by atoms with Gasteiger partial charge in [0.25, 0.3) is 0 Å². The molecule has 1 saturated carbocycles. The van der Waals surface area contributed by atoms with E-state index in [-0.39, 0.29) is 11.1 Å². The van der Waals surface area contributed by atoms with Gasteiger partial charge < -0.3 is 9.67 Å². The van der Waals surface area contributed by atoms with Gasteiger partial charge in [0.15, 0.2) is 0 Å². The maximum absolute atomic E-state index is 10.9. The van der Waals surface area contributed by atoms with Crippen LogP contribution in [0.3, 0.4) is 0 Å². The van der Waals surface area contributed by atoms with Crippen LogP contribution in [0.2, 0.25) is 5.02 Å². The Bertz CT molecular complexity index is 393. The quantitative estimate of drug-likeness (QED) is 0.863. The number of hydrogen-bond donors (Lipinski definition) is 1. The Morgan fingerprint density at radius 1 is 1.67 bits per heavy atom. The van der Waals surface area contributed by atoms with E-state index >= 15 is 0 Å². The summed E-state index contributed by atoms with van der Waals surface area (Å²) in [5, 5.41) is 9.48. The van der Waals surface area contributed by atoms with E-state index in [1.165, 1.54) is 25.3 Å². The second-order valence-electron chi connectivity index (χ2n) is 4.64. The molecular formula is C11H14ClNO2. The largest absolute Gasteiger partial charge is 0.477 e. The Balaban J connectivity index is 2.23. The van der Waals surface area contributed by atoms with Crippen molar-refractivity contribution in [2.45, 2.75) is 32.7 Å². The first-order chi connectivity index (χ1) is 7.00. The van der Waals surface area contributed by atoms with Crippen LogP contribution in [0.4, 0.5) is 0 Å². The first-order valence-electron chi connectivity index (χ1n) is 5.09. The molecule has 1 fully saturated rings. The van der Waals surface area contributed by atoms with Crippen molar-refractivity contribution < 1.29 is 9.90 Å². The molecule has 0 saturated heterocycles. The molecule has 0 bridgehead atoms. The van der Waals surface area contributed by atoms with E-state index in [1.54, 1.807) is 10.8 Å². The highest BCUT2D eigenvalue weighted by atomic mass is 35.5. The molecule has 82 valence electrons. The van der Waals surface area contributed by atoms with Crippen molar-refractivity contribution in [3.8, 4) is 0 Å². The van der Waals surface area contributed by atoms with Crippen LogP contribution in [-0.4, -0.2) is 15.6 Å². The standard InChI is InChI=1S/C11H14ClNO2/c1-11(3-2-4-11)7-13-6-8(12)5-9(13)10(14)15/h5-6H,2-4,7H2,1H3,(H,14,15). The van der Waals surface area contributed by atoms with Gasteiger partial charge in [-0.25, -0.2) is 4.79 Å². The van der Waals surface area contributed by atoms with E-state index < -0.39 is 5.97 Å². The van der Waals surface area contributed by atoms with Crippen LogP contribution >= 0.6 is 11.6 Å². The van der Waals surface area contributed by atoms with Gasteiger partial charge >= 0.3 is 5.97 Å². The number of aromatic carboxylic acids is 1. The van der Waals surface area contributed by atoms with Crippen molar-refractivity contribution in [1.82, 2.24) is 4.57 Å². The first-order valence-corrected chi connectivity index (χ1v) is 5.47. The van der Waals surface area contributed by atoms with Crippen molar-refractivity contribution in [2.24, 2.45) is 5.41 Å². The highest BCUT2D eigenvalue weighted by molar-refractivity contribution is 6.30. The fraction of sp³-hybridized carbons (Fsp3) is 0.545. The van der Waals surface area contributed by atoms with E-state index in [2.05, 4.69) is 6.92 Å². The van der Waals surface area contributed by atoms with Gasteiger partial charge in [0, 0.05) is 12.7 Å². The fourth-order valence-electron chi connectivity index (χ4n) is 2.13. The number of hydrogen-bond acceptors (Lipinski definition) is 1. The predicted molar refractivity (Wildman–Crippen MR) is 58.4 cm³/mol. The van der Waals surface area contributed by atoms with Crippen LogP contribution in [0.15, 0.2) is 12.3 Å². The topological polar surface area (TPSA) is 42.2 Å². The number of carboxylic acids is 1. The number of halogens is 1. The summed E-state index contributed by atoms with van der Waals surface area (Å²) in [6.07, 6.45) is 5.28. The van der Waals surface area contributed by atoms with Crippen LogP contribution in [0, 0.1) is 5.41 Å². The van der Waals surface area contributed by atoms with Crippen molar-refractivity contribution in [1.29, 1.82) is 0 Å². The van der Waals surface area contributed by atoms with Crippen LogP contribution in [0.1, 0.15) is 36.7 Å². The van der Waals surface area contributed by atoms with Gasteiger partial charge in [0.2, 0.25) is 0 Å². The summed E-state index contributed by atoms with van der Waals surface area (Å²) in [4.78, 5) is 10.9. The number of carbonyl (C=O) groups is 1. The van der Waals surface area contributed by atoms with Gasteiger partial charge in [-0.05, 0) is 24.3 Å². The molecule has 4 heteroatoms. The highest BCUT2D eigenvalue weighted by Crippen LogP contribution is 2.42. The normalized spacial score (nSPS) is 18.5. The lowest BCUT2D eigenvalue weighted by atomic mass is 9.70. The lowest BCUT2D eigenvalue weighted by Gasteiger charge is -2.38. The molecule has 1 aliphatic rings. The van der Waals surface area contributed by atoms with E-state index in [4.69, 9.17) is 16.7 Å². The molecule has 3 nitrogen and oxygen atoms in total. The lowest BCUT2D eigenvalue weighted by Crippen LogP contribution is -2.31. The monoisotopic (exact) mass is 227 g/mol. The van der Waals surface area contributed by atoms with Crippen LogP contribution in [0.25, 0.3) is 0 Å². The summed E-state index contributed by atoms with van der Waals surface area (Å²) in [5.74, 6) is -0.912. The lowest BCUT2D eigenvalue weighted by molar-refractivity contribution is 0.0673. The highest BCUT2D eigenvalue weighted by Gasteiger charge is 2.33. The Kier molecular flexibility index (Phi) is 2.51. The molecule has 0 radical (unpaired) electrons. The molecule has 2 rings (SSSR count). The average Bonchev–Trinajstić information content (AvgIpc) is 2.44. The molecule has 0 aliphatic heterocycles. The second kappa shape index (κ2) is 3.56. The van der Waals surface area contributed by atoms with Gasteiger partial charge in [-0.3, -0.25) is 0 Å². The first kappa shape index (κ1) is 10.6. The molecule has 0 aromatic carbocycles. The number of rotatable bonds is 3. The Hall–Kier alpha value is -0.960.